The average molecular weight is 398 g/mol. The van der Waals surface area contributed by atoms with Crippen LogP contribution in [0.15, 0.2) is 58.4 Å². The molecule has 1 aliphatic heterocycles. The monoisotopic (exact) mass is 398 g/mol. The van der Waals surface area contributed by atoms with E-state index in [0.717, 1.165) is 16.7 Å². The van der Waals surface area contributed by atoms with Crippen LogP contribution >= 0.6 is 0 Å². The fourth-order valence-electron chi connectivity index (χ4n) is 3.02. The Morgan fingerprint density at radius 1 is 1.25 bits per heavy atom. The van der Waals surface area contributed by atoms with Crippen LogP contribution in [0.4, 0.5) is 0 Å². The Morgan fingerprint density at radius 3 is 2.71 bits per heavy atom. The Hall–Kier alpha value is -3.13. The van der Waals surface area contributed by atoms with Gasteiger partial charge in [-0.2, -0.15) is 0 Å². The van der Waals surface area contributed by atoms with E-state index in [1.165, 1.54) is 6.08 Å². The van der Waals surface area contributed by atoms with Gasteiger partial charge in [-0.15, -0.1) is 0 Å². The second kappa shape index (κ2) is 7.12. The molecule has 0 aliphatic carbocycles. The quantitative estimate of drug-likeness (QED) is 0.709. The fourth-order valence-corrected chi connectivity index (χ4v) is 4.26. The molecule has 1 amide bonds. The van der Waals surface area contributed by atoms with Crippen LogP contribution in [0.5, 0.6) is 5.75 Å². The van der Waals surface area contributed by atoms with Crippen LogP contribution in [-0.4, -0.2) is 38.2 Å². The van der Waals surface area contributed by atoms with Crippen LogP contribution in [-0.2, 0) is 16.3 Å². The van der Waals surface area contributed by atoms with Crippen molar-refractivity contribution in [2.45, 2.75) is 12.5 Å². The first-order valence-corrected chi connectivity index (χ1v) is 10.4. The van der Waals surface area contributed by atoms with Gasteiger partial charge < -0.3 is 14.5 Å². The average Bonchev–Trinajstić information content (AvgIpc) is 3.23. The van der Waals surface area contributed by atoms with Crippen molar-refractivity contribution < 1.29 is 22.4 Å². The second-order valence-electron chi connectivity index (χ2n) is 6.55. The summed E-state index contributed by atoms with van der Waals surface area (Å²) in [7, 11) is -1.60. The van der Waals surface area contributed by atoms with Gasteiger partial charge in [0.15, 0.2) is 21.3 Å². The Labute approximate surface area is 161 Å². The third kappa shape index (κ3) is 3.91. The number of carbonyl (C=O) groups excluding carboxylic acids is 1. The molecule has 1 unspecified atom stereocenters. The van der Waals surface area contributed by atoms with Crippen molar-refractivity contribution in [3.63, 3.8) is 0 Å². The maximum Gasteiger partial charge on any atom is 0.251 e. The van der Waals surface area contributed by atoms with Crippen LogP contribution in [0.1, 0.15) is 21.8 Å². The van der Waals surface area contributed by atoms with Gasteiger partial charge in [0.05, 0.1) is 18.9 Å². The number of benzene rings is 2. The number of fused-ring (bicyclic) bond motifs is 1. The van der Waals surface area contributed by atoms with E-state index in [1.54, 1.807) is 25.3 Å². The maximum absolute atomic E-state index is 12.4. The molecule has 4 rings (SSSR count). The van der Waals surface area contributed by atoms with E-state index in [4.69, 9.17) is 9.15 Å². The van der Waals surface area contributed by atoms with Crippen LogP contribution in [0.3, 0.4) is 0 Å². The van der Waals surface area contributed by atoms with Crippen molar-refractivity contribution in [3.05, 3.63) is 71.0 Å². The van der Waals surface area contributed by atoms with Gasteiger partial charge in [0.1, 0.15) is 11.3 Å². The van der Waals surface area contributed by atoms with Gasteiger partial charge in [-0.25, -0.2) is 13.4 Å². The molecule has 0 saturated heterocycles. The molecule has 144 valence electrons. The number of methoxy groups -OCH3 is 1. The second-order valence-corrected chi connectivity index (χ2v) is 8.48. The first-order chi connectivity index (χ1) is 13.4. The molecule has 0 bridgehead atoms. The Balaban J connectivity index is 1.49. The number of hydrogen-bond donors (Lipinski definition) is 1. The van der Waals surface area contributed by atoms with Crippen LogP contribution in [0.2, 0.25) is 0 Å². The number of amides is 1. The molecule has 8 heteroatoms. The van der Waals surface area contributed by atoms with Gasteiger partial charge in [-0.3, -0.25) is 4.79 Å². The molecule has 0 fully saturated rings. The molecule has 0 radical (unpaired) electrons. The summed E-state index contributed by atoms with van der Waals surface area (Å²) in [6.07, 6.45) is 2.00. The minimum Gasteiger partial charge on any atom is -0.497 e. The first kappa shape index (κ1) is 18.2. The predicted octanol–water partition coefficient (Wildman–Crippen LogP) is 2.47. The number of carbonyl (C=O) groups is 1. The molecule has 1 N–H and O–H groups in total. The summed E-state index contributed by atoms with van der Waals surface area (Å²) >= 11 is 0. The zero-order valence-corrected chi connectivity index (χ0v) is 15.9. The van der Waals surface area contributed by atoms with E-state index < -0.39 is 15.9 Å². The number of nitrogens with zero attached hydrogens (tertiary/aromatic N) is 1. The standard InChI is InChI=1S/C20H18N2O5S/c1-26-16-5-2-13(3-6-16)10-19-22-17-7-4-14(11-18(17)27-19)20(23)21-15-8-9-28(24,25)12-15/h2-9,11,15H,10,12H2,1H3,(H,21,23). The lowest BCUT2D eigenvalue weighted by atomic mass is 10.1. The molecule has 1 aromatic heterocycles. The third-order valence-corrected chi connectivity index (χ3v) is 5.85. The molecule has 0 spiro atoms. The summed E-state index contributed by atoms with van der Waals surface area (Å²) in [6.45, 7) is 0. The Morgan fingerprint density at radius 2 is 2.04 bits per heavy atom. The highest BCUT2D eigenvalue weighted by atomic mass is 32.2. The smallest absolute Gasteiger partial charge is 0.251 e. The van der Waals surface area contributed by atoms with Crippen LogP contribution < -0.4 is 10.1 Å². The van der Waals surface area contributed by atoms with Gasteiger partial charge in [0.25, 0.3) is 5.91 Å². The summed E-state index contributed by atoms with van der Waals surface area (Å²) in [5, 5.41) is 3.82. The Kier molecular flexibility index (Phi) is 4.64. The number of hydrogen-bond acceptors (Lipinski definition) is 6. The molecule has 2 heterocycles. The van der Waals surface area contributed by atoms with Crippen molar-refractivity contribution in [1.29, 1.82) is 0 Å². The zero-order chi connectivity index (χ0) is 19.7. The van der Waals surface area contributed by atoms with Crippen molar-refractivity contribution in [1.82, 2.24) is 10.3 Å². The van der Waals surface area contributed by atoms with Gasteiger partial charge >= 0.3 is 0 Å². The molecule has 1 atom stereocenters. The minimum atomic E-state index is -3.22. The van der Waals surface area contributed by atoms with Crippen LogP contribution in [0.25, 0.3) is 11.1 Å². The lowest BCUT2D eigenvalue weighted by molar-refractivity contribution is 0.0947. The third-order valence-electron chi connectivity index (χ3n) is 4.46. The van der Waals surface area contributed by atoms with Crippen molar-refractivity contribution in [3.8, 4) is 5.75 Å². The number of rotatable bonds is 5. The predicted molar refractivity (Wildman–Crippen MR) is 104 cm³/mol. The highest BCUT2D eigenvalue weighted by Gasteiger charge is 2.23. The van der Waals surface area contributed by atoms with Gasteiger partial charge in [-0.05, 0) is 42.0 Å². The van der Waals surface area contributed by atoms with E-state index in [-0.39, 0.29) is 11.7 Å². The lowest BCUT2D eigenvalue weighted by Crippen LogP contribution is -2.35. The normalized spacial score (nSPS) is 17.7. The summed E-state index contributed by atoms with van der Waals surface area (Å²) in [4.78, 5) is 16.9. The van der Waals surface area contributed by atoms with Crippen LogP contribution in [0, 0.1) is 0 Å². The summed E-state index contributed by atoms with van der Waals surface area (Å²) in [5.74, 6) is 0.848. The SMILES string of the molecule is COc1ccc(Cc2nc3ccc(C(=O)NC4C=CS(=O)(=O)C4)cc3o2)cc1. The summed E-state index contributed by atoms with van der Waals surface area (Å²) in [5.41, 5.74) is 2.58. The number of ether oxygens (including phenoxy) is 1. The lowest BCUT2D eigenvalue weighted by Gasteiger charge is -2.09. The van der Waals surface area contributed by atoms with E-state index >= 15 is 0 Å². The van der Waals surface area contributed by atoms with Gasteiger partial charge in [-0.1, -0.05) is 12.1 Å². The van der Waals surface area contributed by atoms with E-state index in [9.17, 15) is 13.2 Å². The molecule has 7 nitrogen and oxygen atoms in total. The Bertz CT molecular complexity index is 1160. The van der Waals surface area contributed by atoms with Crippen molar-refractivity contribution >= 4 is 26.8 Å². The van der Waals surface area contributed by atoms with E-state index in [2.05, 4.69) is 10.3 Å². The molecule has 1 aliphatic rings. The summed E-state index contributed by atoms with van der Waals surface area (Å²) < 4.78 is 33.8. The number of nitrogens with one attached hydrogen (secondary N) is 1. The highest BCUT2D eigenvalue weighted by Crippen LogP contribution is 2.21. The minimum absolute atomic E-state index is 0.116. The number of sulfone groups is 1. The molecule has 0 saturated carbocycles. The first-order valence-electron chi connectivity index (χ1n) is 8.66. The molecule has 3 aromatic rings. The van der Waals surface area contributed by atoms with Gasteiger partial charge in [0, 0.05) is 17.4 Å². The molecular weight excluding hydrogens is 380 g/mol. The van der Waals surface area contributed by atoms with Crippen molar-refractivity contribution in [2.24, 2.45) is 0 Å². The van der Waals surface area contributed by atoms with E-state index in [1.807, 2.05) is 24.3 Å². The van der Waals surface area contributed by atoms with Crippen molar-refractivity contribution in [2.75, 3.05) is 12.9 Å². The molecular formula is C20H18N2O5S. The van der Waals surface area contributed by atoms with E-state index in [0.29, 0.717) is 29.0 Å². The summed E-state index contributed by atoms with van der Waals surface area (Å²) in [6, 6.07) is 12.1. The number of oxazole rings is 1. The zero-order valence-electron chi connectivity index (χ0n) is 15.1. The highest BCUT2D eigenvalue weighted by molar-refractivity contribution is 7.94. The topological polar surface area (TPSA) is 98.5 Å². The fraction of sp³-hybridized carbons (Fsp3) is 0.200. The largest absolute Gasteiger partial charge is 0.497 e. The van der Waals surface area contributed by atoms with Gasteiger partial charge in [0.2, 0.25) is 0 Å². The maximum atomic E-state index is 12.4. The number of aromatic nitrogens is 1. The molecule has 28 heavy (non-hydrogen) atoms. The molecule has 2 aromatic carbocycles.